The summed E-state index contributed by atoms with van der Waals surface area (Å²) in [5.41, 5.74) is 22.5. The molecule has 1 nitrogen and oxygen atoms in total. The molecule has 1 aromatic heterocycles. The highest BCUT2D eigenvalue weighted by Crippen LogP contribution is 2.67. The minimum Gasteiger partial charge on any atom is -0.248 e. The van der Waals surface area contributed by atoms with Gasteiger partial charge < -0.3 is 0 Å². The lowest BCUT2D eigenvalue weighted by Gasteiger charge is -2.28. The summed E-state index contributed by atoms with van der Waals surface area (Å²) in [7, 11) is 0. The van der Waals surface area contributed by atoms with Crippen LogP contribution >= 0.6 is 0 Å². The predicted molar refractivity (Wildman–Crippen MR) is 203 cm³/mol. The molecule has 0 amide bonds. The normalized spacial score (nSPS) is 24.7. The van der Waals surface area contributed by atoms with Crippen molar-refractivity contribution in [3.63, 3.8) is 0 Å². The topological polar surface area (TPSA) is 12.9 Å². The van der Waals surface area contributed by atoms with Crippen LogP contribution in [-0.2, 0) is 5.41 Å². The number of fused-ring (bicyclic) bond motifs is 9. The van der Waals surface area contributed by atoms with Crippen LogP contribution in [-0.4, -0.2) is 4.98 Å². The van der Waals surface area contributed by atoms with Crippen LogP contribution in [0.4, 0.5) is 0 Å². The predicted octanol–water partition coefficient (Wildman–Crippen LogP) is 12.1. The summed E-state index contributed by atoms with van der Waals surface area (Å²) in [6.07, 6.45) is 12.6. The molecule has 6 aliphatic carbocycles. The van der Waals surface area contributed by atoms with Gasteiger partial charge in [0.25, 0.3) is 0 Å². The minimum atomic E-state index is 0.0106. The van der Waals surface area contributed by atoms with Crippen molar-refractivity contribution in [3.05, 3.63) is 166 Å². The molecular formula is C48H39N. The summed E-state index contributed by atoms with van der Waals surface area (Å²) in [5.74, 6) is 2.85. The molecule has 0 spiro atoms. The molecule has 0 saturated heterocycles. The molecule has 4 atom stereocenters. The zero-order valence-corrected chi connectivity index (χ0v) is 28.2. The number of rotatable bonds is 4. The van der Waals surface area contributed by atoms with E-state index in [1.165, 1.54) is 47.9 Å². The summed E-state index contributed by atoms with van der Waals surface area (Å²) in [5, 5.41) is 0. The van der Waals surface area contributed by atoms with E-state index in [2.05, 4.69) is 141 Å². The van der Waals surface area contributed by atoms with Gasteiger partial charge in [0.15, 0.2) is 0 Å². The number of nitrogens with zero attached hydrogens (tertiary/aromatic N) is 1. The minimum absolute atomic E-state index is 0.0106. The highest BCUT2D eigenvalue weighted by atomic mass is 14.7. The van der Waals surface area contributed by atoms with Crippen LogP contribution in [0.2, 0.25) is 0 Å². The fourth-order valence-electron chi connectivity index (χ4n) is 9.92. The van der Waals surface area contributed by atoms with Crippen molar-refractivity contribution in [1.29, 1.82) is 0 Å². The molecule has 2 saturated carbocycles. The van der Waals surface area contributed by atoms with E-state index in [4.69, 9.17) is 4.98 Å². The molecule has 1 heterocycles. The van der Waals surface area contributed by atoms with Crippen LogP contribution in [0.5, 0.6) is 0 Å². The average Bonchev–Trinajstić information content (AvgIpc) is 4.09. The molecule has 2 fully saturated rings. The Balaban J connectivity index is 0.967. The number of aromatic nitrogens is 1. The molecule has 4 aromatic carbocycles. The maximum atomic E-state index is 5.10. The van der Waals surface area contributed by atoms with Gasteiger partial charge in [0.2, 0.25) is 0 Å². The number of hydrogen-bond donors (Lipinski definition) is 0. The van der Waals surface area contributed by atoms with Gasteiger partial charge in [-0.15, -0.1) is 0 Å². The smallest absolute Gasteiger partial charge is 0.0715 e. The molecule has 0 bridgehead atoms. The molecule has 0 radical (unpaired) electrons. The maximum absolute atomic E-state index is 5.10. The second-order valence-electron chi connectivity index (χ2n) is 15.8. The molecule has 0 aliphatic heterocycles. The van der Waals surface area contributed by atoms with Gasteiger partial charge in [-0.2, -0.15) is 0 Å². The van der Waals surface area contributed by atoms with Gasteiger partial charge in [0.05, 0.1) is 11.4 Å². The van der Waals surface area contributed by atoms with E-state index in [1.807, 2.05) is 0 Å². The first-order valence-electron chi connectivity index (χ1n) is 18.3. The average molecular weight is 630 g/mol. The maximum Gasteiger partial charge on any atom is 0.0715 e. The number of benzene rings is 4. The number of pyridine rings is 1. The van der Waals surface area contributed by atoms with Gasteiger partial charge in [-0.25, -0.2) is 4.98 Å². The van der Waals surface area contributed by atoms with E-state index in [-0.39, 0.29) is 5.41 Å². The van der Waals surface area contributed by atoms with Gasteiger partial charge in [0, 0.05) is 16.5 Å². The summed E-state index contributed by atoms with van der Waals surface area (Å²) < 4.78 is 0. The van der Waals surface area contributed by atoms with Crippen LogP contribution in [0.15, 0.2) is 139 Å². The van der Waals surface area contributed by atoms with Gasteiger partial charge in [-0.3, -0.25) is 0 Å². The molecule has 1 heteroatoms. The first-order valence-corrected chi connectivity index (χ1v) is 18.3. The molecule has 4 unspecified atom stereocenters. The molecule has 236 valence electrons. The first kappa shape index (κ1) is 27.9. The Morgan fingerprint density at radius 2 is 1.29 bits per heavy atom. The van der Waals surface area contributed by atoms with Crippen LogP contribution in [0.3, 0.4) is 0 Å². The lowest BCUT2D eigenvalue weighted by atomic mass is 9.75. The molecule has 6 aliphatic rings. The van der Waals surface area contributed by atoms with Crippen LogP contribution in [0, 0.1) is 17.8 Å². The summed E-state index contributed by atoms with van der Waals surface area (Å²) in [4.78, 5) is 5.10. The zero-order valence-electron chi connectivity index (χ0n) is 28.2. The molecule has 0 N–H and O–H groups in total. The highest BCUT2D eigenvalue weighted by Gasteiger charge is 2.54. The Morgan fingerprint density at radius 3 is 2.00 bits per heavy atom. The van der Waals surface area contributed by atoms with E-state index in [0.29, 0.717) is 11.8 Å². The highest BCUT2D eigenvalue weighted by molar-refractivity contribution is 5.95. The van der Waals surface area contributed by atoms with Crippen LogP contribution in [0.25, 0.3) is 50.4 Å². The van der Waals surface area contributed by atoms with Gasteiger partial charge >= 0.3 is 0 Å². The van der Waals surface area contributed by atoms with E-state index < -0.39 is 0 Å². The molecule has 5 aromatic rings. The third-order valence-electron chi connectivity index (χ3n) is 12.6. The van der Waals surface area contributed by atoms with Crippen molar-refractivity contribution in [2.45, 2.75) is 50.9 Å². The summed E-state index contributed by atoms with van der Waals surface area (Å²) in [6, 6.07) is 40.3. The van der Waals surface area contributed by atoms with E-state index in [0.717, 1.165) is 34.4 Å². The van der Waals surface area contributed by atoms with E-state index >= 15 is 0 Å². The number of hydrogen-bond acceptors (Lipinski definition) is 1. The molecule has 49 heavy (non-hydrogen) atoms. The van der Waals surface area contributed by atoms with Crippen molar-refractivity contribution in [1.82, 2.24) is 4.98 Å². The van der Waals surface area contributed by atoms with Crippen LogP contribution < -0.4 is 0 Å². The first-order chi connectivity index (χ1) is 24.0. The summed E-state index contributed by atoms with van der Waals surface area (Å²) in [6.45, 7) is 4.96. The quantitative estimate of drug-likeness (QED) is 0.193. The van der Waals surface area contributed by atoms with E-state index in [9.17, 15) is 0 Å². The molecular weight excluding hydrogens is 591 g/mol. The third kappa shape index (κ3) is 4.15. The van der Waals surface area contributed by atoms with Crippen molar-refractivity contribution in [2.75, 3.05) is 0 Å². The SMILES string of the molecule is CC1(C)C2=C(c3cc4c(cc31)C1=C(CCC=C1)C1CC41)C1CC1C(c1ccc(-c3cc(-c4ccccc4)nc(-c4ccccc4)c3)cc1)=C2. The summed E-state index contributed by atoms with van der Waals surface area (Å²) >= 11 is 0. The fourth-order valence-corrected chi connectivity index (χ4v) is 9.92. The Bertz CT molecular complexity index is 2290. The Morgan fingerprint density at radius 1 is 0.612 bits per heavy atom. The van der Waals surface area contributed by atoms with Crippen molar-refractivity contribution < 1.29 is 0 Å². The monoisotopic (exact) mass is 629 g/mol. The van der Waals surface area contributed by atoms with Gasteiger partial charge in [0.1, 0.15) is 0 Å². The lowest BCUT2D eigenvalue weighted by molar-refractivity contribution is 0.650. The second-order valence-corrected chi connectivity index (χ2v) is 15.8. The van der Waals surface area contributed by atoms with Gasteiger partial charge in [-0.1, -0.05) is 129 Å². The Hall–Kier alpha value is -5.01. The zero-order chi connectivity index (χ0) is 32.4. The lowest BCUT2D eigenvalue weighted by Crippen LogP contribution is -2.18. The third-order valence-corrected chi connectivity index (χ3v) is 12.6. The van der Waals surface area contributed by atoms with Crippen molar-refractivity contribution >= 4 is 16.7 Å². The fraction of sp³-hybridized carbons (Fsp3) is 0.229. The van der Waals surface area contributed by atoms with Crippen molar-refractivity contribution in [2.24, 2.45) is 17.8 Å². The Labute approximate surface area is 289 Å². The van der Waals surface area contributed by atoms with Crippen molar-refractivity contribution in [3.8, 4) is 33.6 Å². The second kappa shape index (κ2) is 10.0. The standard InChI is InChI=1S/C48H39N/c1-48(2)43-27-40-34-16-10-9-15-33(34)36-23-38(36)39(40)25-42(43)47-41-24-37(41)35(26-44(47)48)29-19-17-28(18-20-29)32-21-45(30-11-5-3-6-12-30)49-46(22-32)31-13-7-4-8-14-31/h3-8,10-14,16-22,25-27,36-38,41H,9,15,23-24H2,1-2H3. The van der Waals surface area contributed by atoms with Gasteiger partial charge in [-0.05, 0) is 129 Å². The number of allylic oxidation sites excluding steroid dienone is 8. The largest absolute Gasteiger partial charge is 0.248 e. The van der Waals surface area contributed by atoms with Crippen LogP contribution in [0.1, 0.15) is 73.3 Å². The molecule has 11 rings (SSSR count). The Kier molecular flexibility index (Phi) is 5.70. The van der Waals surface area contributed by atoms with E-state index in [1.54, 1.807) is 44.5 Å².